The van der Waals surface area contributed by atoms with Crippen LogP contribution in [0.25, 0.3) is 73.5 Å². The first kappa shape index (κ1) is 70.2. The van der Waals surface area contributed by atoms with E-state index in [0.717, 1.165) is 51.5 Å². The molecule has 13 rings (SSSR count). The number of hydrogen-bond acceptors (Lipinski definition) is 0. The Morgan fingerprint density at radius 3 is 1.25 bits per heavy atom. The predicted molar refractivity (Wildman–Crippen MR) is 357 cm³/mol. The number of aromatic nitrogens is 12. The Bertz CT molecular complexity index is 4690. The lowest BCUT2D eigenvalue weighted by molar-refractivity contribution is -0.670. The van der Waals surface area contributed by atoms with Gasteiger partial charge in [0.1, 0.15) is 66.5 Å². The maximum absolute atomic E-state index is 13.7. The van der Waals surface area contributed by atoms with Gasteiger partial charge in [-0.2, -0.15) is 0 Å². The van der Waals surface area contributed by atoms with Crippen molar-refractivity contribution in [2.45, 2.75) is 47.8 Å². The third-order valence-electron chi connectivity index (χ3n) is 16.0. The van der Waals surface area contributed by atoms with Crippen molar-refractivity contribution in [2.75, 3.05) is 0 Å². The summed E-state index contributed by atoms with van der Waals surface area (Å²) in [5.41, 5.74) is 17.1. The van der Waals surface area contributed by atoms with E-state index in [-0.39, 0.29) is 11.6 Å². The van der Waals surface area contributed by atoms with Crippen molar-refractivity contribution in [1.29, 1.82) is 0 Å². The number of nitrogens with zero attached hydrogens (tertiary/aromatic N) is 12. The molecule has 0 aliphatic carbocycles. The standard InChI is InChI=1S/C17H17N2.C12H12F3N2.C12H13F2N2.C12H14FN2.C12H15N2.C11H12FN2/c1-14-8-6-7-11-16(14)17-12-19(13-18(17)2)15-9-4-3-5-10-15;1-9-5-3-4-6-10(9)11-16(2)7-8-17(11)12(13,14)15;1-8-4-9(13)5-10(14)12(8)11-6-15(2)7-16(11)3;1-9-6-10(13)4-5-11(9)12-7-14(2)8-15(12)3;1-10-6-4-5-7-11(10)12-8-13(2)9-14(12)3;1-9-5-3-4-6-10(9)11-13(2)7-8-14(11)12/h3-13H,1-2H3;3-8H,1-2H3;4-7H,1-3H3;4-8H,1-3H3;4-9H,1-3H3;3-8H,1-2H3/q6*+1. The molecule has 0 saturated carbocycles. The molecule has 0 spiro atoms. The average molecular weight is 1300 g/mol. The van der Waals surface area contributed by atoms with Crippen molar-refractivity contribution in [2.24, 2.45) is 63.4 Å². The Morgan fingerprint density at radius 1 is 0.389 bits per heavy atom. The van der Waals surface area contributed by atoms with Crippen LogP contribution in [0.4, 0.5) is 30.8 Å². The molecule has 7 aromatic carbocycles. The van der Waals surface area contributed by atoms with Gasteiger partial charge in [0, 0.05) is 27.2 Å². The van der Waals surface area contributed by atoms with Crippen LogP contribution in [0.5, 0.6) is 0 Å². The molecule has 0 aliphatic heterocycles. The van der Waals surface area contributed by atoms with Crippen LogP contribution >= 0.6 is 0 Å². The summed E-state index contributed by atoms with van der Waals surface area (Å²) in [4.78, 5) is 0.641. The highest BCUT2D eigenvalue weighted by atomic mass is 19.4. The summed E-state index contributed by atoms with van der Waals surface area (Å²) in [5, 5.41) is 0. The predicted octanol–water partition coefficient (Wildman–Crippen LogP) is 14.0. The van der Waals surface area contributed by atoms with Crippen molar-refractivity contribution in [3.63, 3.8) is 0 Å². The van der Waals surface area contributed by atoms with Crippen molar-refractivity contribution < 1.29 is 58.2 Å². The lowest BCUT2D eigenvalue weighted by atomic mass is 10.1. The number of rotatable bonds is 7. The second-order valence-corrected chi connectivity index (χ2v) is 23.6. The van der Waals surface area contributed by atoms with E-state index in [0.29, 0.717) is 31.9 Å². The first-order valence-corrected chi connectivity index (χ1v) is 30.6. The molecular formula is C76H83F7N12+6. The van der Waals surface area contributed by atoms with E-state index in [1.54, 1.807) is 62.0 Å². The quantitative estimate of drug-likeness (QED) is 0.113. The maximum Gasteiger partial charge on any atom is 0.567 e. The fourth-order valence-electron chi connectivity index (χ4n) is 11.3. The van der Waals surface area contributed by atoms with Crippen molar-refractivity contribution in [3.8, 4) is 73.5 Å². The number of alkyl halides is 3. The van der Waals surface area contributed by atoms with Crippen LogP contribution in [-0.4, -0.2) is 27.6 Å². The molecule has 0 amide bonds. The number of para-hydroxylation sites is 1. The van der Waals surface area contributed by atoms with E-state index in [1.165, 1.54) is 68.4 Å². The molecule has 19 heteroatoms. The Balaban J connectivity index is 0.000000146. The molecule has 12 nitrogen and oxygen atoms in total. The van der Waals surface area contributed by atoms with Gasteiger partial charge < -0.3 is 0 Å². The number of hydrogen-bond donors (Lipinski definition) is 0. The molecule has 6 aromatic heterocycles. The van der Waals surface area contributed by atoms with Crippen molar-refractivity contribution >= 4 is 0 Å². The average Bonchev–Trinajstić information content (AvgIpc) is 1.73. The Labute approximate surface area is 551 Å². The summed E-state index contributed by atoms with van der Waals surface area (Å²) in [6.07, 6.45) is 17.3. The maximum atomic E-state index is 13.7. The molecule has 6 heterocycles. The van der Waals surface area contributed by atoms with Gasteiger partial charge in [0.15, 0.2) is 29.0 Å². The summed E-state index contributed by atoms with van der Waals surface area (Å²) in [7, 11) is 17.3. The van der Waals surface area contributed by atoms with Gasteiger partial charge in [0.05, 0.1) is 80.1 Å². The highest BCUT2D eigenvalue weighted by molar-refractivity contribution is 5.65. The summed E-state index contributed by atoms with van der Waals surface area (Å²) in [6, 6.07) is 49.2. The van der Waals surface area contributed by atoms with E-state index in [4.69, 9.17) is 0 Å². The summed E-state index contributed by atoms with van der Waals surface area (Å²) < 4.78 is 111. The SMILES string of the molecule is Cc1cc(F)cc(F)c1-c1c[n+](C)cn1C.Cc1cc(F)ccc1-c1c[n+](C)cn1C.Cc1ccccc1-c1c[n+](C)cn1C.Cc1ccccc1-c1cn(-c2ccccc2)c[n+]1C.Cc1ccccc1-c1n(C(F)(F)F)cc[n+]1C.Cc1ccccc1-c1n(F)cc[n+]1C. The normalized spacial score (nSPS) is 10.8. The Hall–Kier alpha value is -10.7. The van der Waals surface area contributed by atoms with E-state index in [1.807, 2.05) is 136 Å². The van der Waals surface area contributed by atoms with Gasteiger partial charge in [-0.3, -0.25) is 0 Å². The van der Waals surface area contributed by atoms with Gasteiger partial charge in [0.2, 0.25) is 25.3 Å². The third-order valence-corrected chi connectivity index (χ3v) is 16.0. The summed E-state index contributed by atoms with van der Waals surface area (Å²) in [5.74, 6) is -0.551. The molecule has 0 N–H and O–H groups in total. The summed E-state index contributed by atoms with van der Waals surface area (Å²) in [6.45, 7) is 11.7. The van der Waals surface area contributed by atoms with Gasteiger partial charge in [-0.05, 0) is 128 Å². The first-order valence-electron chi connectivity index (χ1n) is 30.6. The van der Waals surface area contributed by atoms with Gasteiger partial charge in [-0.25, -0.2) is 58.8 Å². The largest absolute Gasteiger partial charge is 0.567 e. The third kappa shape index (κ3) is 17.3. The molecule has 0 aliphatic rings. The lowest BCUT2D eigenvalue weighted by Crippen LogP contribution is -2.31. The van der Waals surface area contributed by atoms with Crippen LogP contribution < -0.4 is 27.4 Å². The fraction of sp³-hybridized carbons (Fsp3) is 0.211. The number of aryl methyl sites for hydroxylation is 15. The number of imidazole rings is 6. The van der Waals surface area contributed by atoms with Gasteiger partial charge >= 0.3 is 12.1 Å². The van der Waals surface area contributed by atoms with Crippen LogP contribution in [0.2, 0.25) is 0 Å². The zero-order valence-corrected chi connectivity index (χ0v) is 56.5. The van der Waals surface area contributed by atoms with E-state index < -0.39 is 17.9 Å². The first-order chi connectivity index (χ1) is 45.1. The van der Waals surface area contributed by atoms with Crippen LogP contribution in [-0.2, 0) is 69.7 Å². The Kier molecular flexibility index (Phi) is 22.8. The minimum Gasteiger partial charge on any atom is -0.239 e. The molecule has 13 aromatic rings. The van der Waals surface area contributed by atoms with E-state index >= 15 is 0 Å². The van der Waals surface area contributed by atoms with Crippen LogP contribution in [0, 0.1) is 59.0 Å². The zero-order chi connectivity index (χ0) is 69.0. The number of halogens is 7. The second kappa shape index (κ2) is 30.8. The van der Waals surface area contributed by atoms with E-state index in [2.05, 4.69) is 144 Å². The second-order valence-electron chi connectivity index (χ2n) is 23.6. The molecular weight excluding hydrogens is 1210 g/mol. The topological polar surface area (TPSA) is 52.9 Å². The minimum absolute atomic E-state index is 0.135. The molecule has 0 saturated heterocycles. The molecule has 0 fully saturated rings. The van der Waals surface area contributed by atoms with Gasteiger partial charge in [-0.15, -0.1) is 17.7 Å². The zero-order valence-electron chi connectivity index (χ0n) is 56.5. The minimum atomic E-state index is -4.40. The smallest absolute Gasteiger partial charge is 0.239 e. The van der Waals surface area contributed by atoms with Crippen LogP contribution in [0.3, 0.4) is 0 Å². The molecule has 0 atom stereocenters. The van der Waals surface area contributed by atoms with Gasteiger partial charge in [-0.1, -0.05) is 103 Å². The molecule has 0 radical (unpaired) electrons. The highest BCUT2D eigenvalue weighted by Crippen LogP contribution is 2.31. The van der Waals surface area contributed by atoms with Gasteiger partial charge in [0.25, 0.3) is 5.82 Å². The highest BCUT2D eigenvalue weighted by Gasteiger charge is 2.41. The van der Waals surface area contributed by atoms with Crippen LogP contribution in [0.15, 0.2) is 233 Å². The number of benzene rings is 7. The molecule has 0 bridgehead atoms. The van der Waals surface area contributed by atoms with Crippen molar-refractivity contribution in [3.05, 3.63) is 283 Å². The van der Waals surface area contributed by atoms with E-state index in [9.17, 15) is 30.8 Å². The fourth-order valence-corrected chi connectivity index (χ4v) is 11.3. The molecule has 490 valence electrons. The van der Waals surface area contributed by atoms with Crippen molar-refractivity contribution in [1.82, 2.24) is 27.6 Å². The monoisotopic (exact) mass is 1300 g/mol. The molecule has 0 unspecified atom stereocenters. The van der Waals surface area contributed by atoms with Crippen LogP contribution in [0.1, 0.15) is 33.4 Å². The summed E-state index contributed by atoms with van der Waals surface area (Å²) >= 11 is 0. The molecule has 95 heavy (non-hydrogen) atoms. The lowest BCUT2D eigenvalue weighted by Gasteiger charge is -2.07. The Morgan fingerprint density at radius 2 is 0.811 bits per heavy atom.